The molecular weight excluding hydrogens is 276 g/mol. The van der Waals surface area contributed by atoms with Crippen molar-refractivity contribution in [2.24, 2.45) is 11.8 Å². The fraction of sp³-hybridized carbons (Fsp3) is 0.500. The molecule has 0 amide bonds. The highest BCUT2D eigenvalue weighted by Gasteiger charge is 2.22. The van der Waals surface area contributed by atoms with Crippen molar-refractivity contribution in [3.05, 3.63) is 22.5 Å². The molecule has 2 aromatic rings. The quantitative estimate of drug-likeness (QED) is 0.776. The van der Waals surface area contributed by atoms with Crippen molar-refractivity contribution in [1.82, 2.24) is 30.4 Å². The second kappa shape index (κ2) is 6.25. The van der Waals surface area contributed by atoms with Crippen molar-refractivity contribution >= 4 is 5.97 Å². The number of carboxylic acid groups (broad SMARTS) is 1. The van der Waals surface area contributed by atoms with Crippen molar-refractivity contribution in [2.75, 3.05) is 0 Å². The molecule has 0 saturated carbocycles. The molecule has 9 nitrogen and oxygen atoms in total. The molecule has 0 aromatic carbocycles. The molecule has 2 rings (SSSR count). The molecule has 21 heavy (non-hydrogen) atoms. The first-order valence-electron chi connectivity index (χ1n) is 6.52. The van der Waals surface area contributed by atoms with Crippen molar-refractivity contribution in [3.8, 4) is 11.5 Å². The van der Waals surface area contributed by atoms with E-state index < -0.39 is 11.9 Å². The van der Waals surface area contributed by atoms with E-state index in [0.717, 1.165) is 0 Å². The van der Waals surface area contributed by atoms with E-state index in [-0.39, 0.29) is 18.0 Å². The van der Waals surface area contributed by atoms with Crippen molar-refractivity contribution < 1.29 is 9.90 Å². The van der Waals surface area contributed by atoms with Gasteiger partial charge in [-0.25, -0.2) is 9.78 Å². The molecule has 0 fully saturated rings. The molecule has 2 aromatic heterocycles. The Labute approximate surface area is 120 Å². The van der Waals surface area contributed by atoms with Gasteiger partial charge in [0.2, 0.25) is 5.82 Å². The van der Waals surface area contributed by atoms with Crippen molar-refractivity contribution in [2.45, 2.75) is 26.8 Å². The Morgan fingerprint density at radius 3 is 2.76 bits per heavy atom. The van der Waals surface area contributed by atoms with Crippen LogP contribution in [-0.4, -0.2) is 41.5 Å². The number of tetrazole rings is 1. The molecule has 0 aliphatic rings. The highest BCUT2D eigenvalue weighted by Crippen LogP contribution is 2.17. The molecule has 9 heteroatoms. The number of hydrogen-bond donors (Lipinski definition) is 2. The smallest absolute Gasteiger partial charge is 0.308 e. The number of nitrogens with one attached hydrogen (secondary N) is 1. The van der Waals surface area contributed by atoms with Crippen LogP contribution in [0, 0.1) is 11.8 Å². The van der Waals surface area contributed by atoms with Gasteiger partial charge in [0.05, 0.1) is 12.5 Å². The Bertz CT molecular complexity index is 657. The zero-order valence-electron chi connectivity index (χ0n) is 11.7. The summed E-state index contributed by atoms with van der Waals surface area (Å²) in [6.07, 6.45) is 0.522. The molecule has 0 radical (unpaired) electrons. The third kappa shape index (κ3) is 3.71. The minimum atomic E-state index is -0.889. The van der Waals surface area contributed by atoms with Gasteiger partial charge in [0.15, 0.2) is 0 Å². The molecule has 1 atom stereocenters. The lowest BCUT2D eigenvalue weighted by atomic mass is 9.97. The maximum Gasteiger partial charge on any atom is 0.308 e. The first kappa shape index (κ1) is 14.8. The van der Waals surface area contributed by atoms with Crippen LogP contribution in [-0.2, 0) is 11.3 Å². The maximum atomic E-state index is 11.3. The van der Waals surface area contributed by atoms with Crippen LogP contribution in [0.4, 0.5) is 0 Å². The van der Waals surface area contributed by atoms with Crippen LogP contribution in [0.5, 0.6) is 0 Å². The number of hydrogen-bond acceptors (Lipinski definition) is 6. The molecule has 0 spiro atoms. The third-order valence-corrected chi connectivity index (χ3v) is 2.94. The zero-order valence-corrected chi connectivity index (χ0v) is 11.7. The number of carbonyl (C=O) groups is 1. The molecule has 2 N–H and O–H groups in total. The van der Waals surface area contributed by atoms with Gasteiger partial charge in [-0.3, -0.25) is 9.59 Å². The molecule has 2 heterocycles. The molecule has 0 bridgehead atoms. The molecule has 1 unspecified atom stereocenters. The second-order valence-corrected chi connectivity index (χ2v) is 5.16. The van der Waals surface area contributed by atoms with E-state index in [9.17, 15) is 14.7 Å². The standard InChI is InChI=1S/C12H16N6O3/c1-7(2)5-8(12(20)21)6-18-11(15-16-17-18)9-3-4-10(19)14-13-9/h3-4,7-8H,5-6H2,1-2H3,(H,14,19)(H,20,21). The first-order chi connectivity index (χ1) is 9.97. The number of aromatic nitrogens is 6. The fourth-order valence-electron chi connectivity index (χ4n) is 2.01. The Kier molecular flexibility index (Phi) is 4.41. The molecular formula is C12H16N6O3. The highest BCUT2D eigenvalue weighted by atomic mass is 16.4. The third-order valence-electron chi connectivity index (χ3n) is 2.94. The Morgan fingerprint density at radius 1 is 1.43 bits per heavy atom. The Hall–Kier alpha value is -2.58. The summed E-state index contributed by atoms with van der Waals surface area (Å²) in [6, 6.07) is 2.80. The van der Waals surface area contributed by atoms with E-state index >= 15 is 0 Å². The number of aromatic amines is 1. The number of carboxylic acids is 1. The zero-order chi connectivity index (χ0) is 15.4. The fourth-order valence-corrected chi connectivity index (χ4v) is 2.01. The van der Waals surface area contributed by atoms with Crippen LogP contribution in [0.2, 0.25) is 0 Å². The molecule has 0 aliphatic heterocycles. The van der Waals surface area contributed by atoms with Gasteiger partial charge in [0.1, 0.15) is 5.69 Å². The van der Waals surface area contributed by atoms with E-state index in [1.807, 2.05) is 13.8 Å². The topological polar surface area (TPSA) is 127 Å². The average Bonchev–Trinajstić information content (AvgIpc) is 2.86. The summed E-state index contributed by atoms with van der Waals surface area (Å²) in [7, 11) is 0. The number of aliphatic carboxylic acids is 1. The van der Waals surface area contributed by atoms with E-state index in [0.29, 0.717) is 17.9 Å². The van der Waals surface area contributed by atoms with Crippen LogP contribution in [0.25, 0.3) is 11.5 Å². The predicted octanol–water partition coefficient (Wildman–Crippen LogP) is 0.170. The number of rotatable bonds is 6. The van der Waals surface area contributed by atoms with Crippen molar-refractivity contribution in [3.63, 3.8) is 0 Å². The summed E-state index contributed by atoms with van der Waals surface area (Å²) in [5.41, 5.74) is 0.0503. The largest absolute Gasteiger partial charge is 0.481 e. The number of nitrogens with zero attached hydrogens (tertiary/aromatic N) is 5. The molecule has 0 aliphatic carbocycles. The van der Waals surface area contributed by atoms with Gasteiger partial charge < -0.3 is 5.11 Å². The minimum Gasteiger partial charge on any atom is -0.481 e. The maximum absolute atomic E-state index is 11.3. The van der Waals surface area contributed by atoms with Gasteiger partial charge in [-0.2, -0.15) is 5.10 Å². The van der Waals surface area contributed by atoms with E-state index in [1.165, 1.54) is 16.8 Å². The van der Waals surface area contributed by atoms with E-state index in [4.69, 9.17) is 0 Å². The Balaban J connectivity index is 2.25. The number of H-pyrrole nitrogens is 1. The SMILES string of the molecule is CC(C)CC(Cn1nnnc1-c1ccc(=O)[nH]n1)C(=O)O. The van der Waals surface area contributed by atoms with Gasteiger partial charge in [0.25, 0.3) is 5.56 Å². The van der Waals surface area contributed by atoms with Crippen LogP contribution in [0.3, 0.4) is 0 Å². The van der Waals surface area contributed by atoms with Gasteiger partial charge in [-0.1, -0.05) is 13.8 Å². The lowest BCUT2D eigenvalue weighted by Gasteiger charge is -2.14. The van der Waals surface area contributed by atoms with Crippen LogP contribution >= 0.6 is 0 Å². The highest BCUT2D eigenvalue weighted by molar-refractivity contribution is 5.70. The monoisotopic (exact) mass is 292 g/mol. The summed E-state index contributed by atoms with van der Waals surface area (Å²) in [4.78, 5) is 22.3. The summed E-state index contributed by atoms with van der Waals surface area (Å²) < 4.78 is 1.39. The summed E-state index contributed by atoms with van der Waals surface area (Å²) in [6.45, 7) is 4.07. The van der Waals surface area contributed by atoms with Gasteiger partial charge in [0, 0.05) is 6.07 Å². The predicted molar refractivity (Wildman–Crippen MR) is 72.2 cm³/mol. The van der Waals surface area contributed by atoms with E-state index in [1.54, 1.807) is 0 Å². The van der Waals surface area contributed by atoms with Gasteiger partial charge in [-0.05, 0) is 28.8 Å². The lowest BCUT2D eigenvalue weighted by Crippen LogP contribution is -2.23. The summed E-state index contributed by atoms with van der Waals surface area (Å²) in [5, 5.41) is 26.6. The van der Waals surface area contributed by atoms with Gasteiger partial charge in [-0.15, -0.1) is 5.10 Å². The van der Waals surface area contributed by atoms with E-state index in [2.05, 4.69) is 25.7 Å². The normalized spacial score (nSPS) is 12.5. The van der Waals surface area contributed by atoms with Crippen LogP contribution < -0.4 is 5.56 Å². The van der Waals surface area contributed by atoms with Gasteiger partial charge >= 0.3 is 5.97 Å². The average molecular weight is 292 g/mol. The van der Waals surface area contributed by atoms with Crippen LogP contribution in [0.1, 0.15) is 20.3 Å². The molecule has 0 saturated heterocycles. The minimum absolute atomic E-state index is 0.149. The summed E-state index contributed by atoms with van der Waals surface area (Å²) in [5.74, 6) is -0.909. The molecule has 112 valence electrons. The van der Waals surface area contributed by atoms with Crippen LogP contribution in [0.15, 0.2) is 16.9 Å². The lowest BCUT2D eigenvalue weighted by molar-refractivity contribution is -0.142. The van der Waals surface area contributed by atoms with Crippen molar-refractivity contribution in [1.29, 1.82) is 0 Å². The summed E-state index contributed by atoms with van der Waals surface area (Å²) >= 11 is 0. The first-order valence-corrected chi connectivity index (χ1v) is 6.52. The second-order valence-electron chi connectivity index (χ2n) is 5.16. The Morgan fingerprint density at radius 2 is 2.19 bits per heavy atom.